The third-order valence-corrected chi connectivity index (χ3v) is 3.27. The zero-order chi connectivity index (χ0) is 13.1. The Hall–Kier alpha value is -1.40. The second-order valence-electron chi connectivity index (χ2n) is 3.27. The average Bonchev–Trinajstić information content (AvgIpc) is 2.82. The van der Waals surface area contributed by atoms with E-state index in [1.807, 2.05) is 0 Å². The predicted molar refractivity (Wildman–Crippen MR) is 68.4 cm³/mol. The fraction of sp³-hybridized carbons (Fsp3) is 0.182. The maximum absolute atomic E-state index is 11.4. The highest BCUT2D eigenvalue weighted by molar-refractivity contribution is 9.10. The lowest BCUT2D eigenvalue weighted by molar-refractivity contribution is 0.0470. The van der Waals surface area contributed by atoms with Crippen LogP contribution in [0.15, 0.2) is 27.2 Å². The minimum Gasteiger partial charge on any atom is -0.459 e. The van der Waals surface area contributed by atoms with Crippen LogP contribution in [-0.2, 0) is 4.74 Å². The van der Waals surface area contributed by atoms with Gasteiger partial charge in [0, 0.05) is 10.0 Å². The second-order valence-corrected chi connectivity index (χ2v) is 4.53. The van der Waals surface area contributed by atoms with E-state index in [9.17, 15) is 4.79 Å². The molecule has 1 aromatic carbocycles. The molecule has 0 atom stereocenters. The van der Waals surface area contributed by atoms with Gasteiger partial charge in [0.1, 0.15) is 0 Å². The van der Waals surface area contributed by atoms with Crippen LogP contribution < -0.4 is 0 Å². The highest BCUT2D eigenvalue weighted by atomic mass is 79.9. The molecule has 0 N–H and O–H groups in total. The Kier molecular flexibility index (Phi) is 3.98. The Morgan fingerprint density at radius 1 is 1.56 bits per heavy atom. The van der Waals surface area contributed by atoms with Crippen molar-refractivity contribution in [3.8, 4) is 11.4 Å². The summed E-state index contributed by atoms with van der Waals surface area (Å²) < 4.78 is 10.3. The van der Waals surface area contributed by atoms with E-state index in [1.165, 1.54) is 0 Å². The molecule has 5 nitrogen and oxygen atoms in total. The number of carbonyl (C=O) groups excluding carboxylic acids is 1. The van der Waals surface area contributed by atoms with Crippen LogP contribution in [0.3, 0.4) is 0 Å². The summed E-state index contributed by atoms with van der Waals surface area (Å²) in [6.07, 6.45) is 0. The van der Waals surface area contributed by atoms with Crippen LogP contribution in [0, 0.1) is 0 Å². The Bertz CT molecular complexity index is 585. The Morgan fingerprint density at radius 2 is 2.33 bits per heavy atom. The van der Waals surface area contributed by atoms with E-state index in [2.05, 4.69) is 26.1 Å². The molecule has 0 saturated heterocycles. The summed E-state index contributed by atoms with van der Waals surface area (Å²) in [5.41, 5.74) is 0.686. The first-order valence-electron chi connectivity index (χ1n) is 5.08. The standard InChI is InChI=1S/C11H8BrClN2O3/c1-2-17-11(16)10-14-9(15-18-10)6-3-4-8(13)7(12)5-6/h3-5H,2H2,1H3. The summed E-state index contributed by atoms with van der Waals surface area (Å²) in [6.45, 7) is 1.95. The van der Waals surface area contributed by atoms with Gasteiger partial charge in [-0.3, -0.25) is 0 Å². The van der Waals surface area contributed by atoms with E-state index in [4.69, 9.17) is 20.9 Å². The Labute approximate surface area is 116 Å². The summed E-state index contributed by atoms with van der Waals surface area (Å²) in [6, 6.07) is 5.16. The molecule has 0 aliphatic heterocycles. The molecule has 0 bridgehead atoms. The van der Waals surface area contributed by atoms with Crippen molar-refractivity contribution in [2.24, 2.45) is 0 Å². The van der Waals surface area contributed by atoms with Crippen LogP contribution in [0.2, 0.25) is 5.02 Å². The van der Waals surface area contributed by atoms with E-state index in [1.54, 1.807) is 25.1 Å². The largest absolute Gasteiger partial charge is 0.459 e. The monoisotopic (exact) mass is 330 g/mol. The molecule has 2 rings (SSSR count). The molecule has 0 amide bonds. The van der Waals surface area contributed by atoms with Crippen molar-refractivity contribution in [2.45, 2.75) is 6.92 Å². The van der Waals surface area contributed by atoms with E-state index in [0.717, 1.165) is 0 Å². The van der Waals surface area contributed by atoms with Crippen LogP contribution in [0.5, 0.6) is 0 Å². The molecule has 0 aliphatic carbocycles. The summed E-state index contributed by atoms with van der Waals surface area (Å²) in [7, 11) is 0. The average molecular weight is 332 g/mol. The summed E-state index contributed by atoms with van der Waals surface area (Å²) >= 11 is 9.17. The van der Waals surface area contributed by atoms with Crippen molar-refractivity contribution in [2.75, 3.05) is 6.61 Å². The van der Waals surface area contributed by atoms with Gasteiger partial charge in [-0.1, -0.05) is 16.8 Å². The maximum Gasteiger partial charge on any atom is 0.397 e. The highest BCUT2D eigenvalue weighted by Crippen LogP contribution is 2.27. The van der Waals surface area contributed by atoms with Crippen LogP contribution >= 0.6 is 27.5 Å². The smallest absolute Gasteiger partial charge is 0.397 e. The number of ether oxygens (including phenoxy) is 1. The zero-order valence-corrected chi connectivity index (χ0v) is 11.7. The normalized spacial score (nSPS) is 10.4. The van der Waals surface area contributed by atoms with Crippen molar-refractivity contribution in [1.82, 2.24) is 10.1 Å². The predicted octanol–water partition coefficient (Wildman–Crippen LogP) is 3.33. The molecule has 0 unspecified atom stereocenters. The minimum atomic E-state index is -0.635. The fourth-order valence-corrected chi connectivity index (χ4v) is 1.75. The number of rotatable bonds is 3. The van der Waals surface area contributed by atoms with Gasteiger partial charge in [-0.15, -0.1) is 0 Å². The van der Waals surface area contributed by atoms with Crippen molar-refractivity contribution in [3.05, 3.63) is 33.6 Å². The molecule has 0 spiro atoms. The molecule has 0 saturated carbocycles. The number of aromatic nitrogens is 2. The molecular weight excluding hydrogens is 323 g/mol. The Balaban J connectivity index is 2.29. The molecule has 1 heterocycles. The summed E-state index contributed by atoms with van der Waals surface area (Å²) in [5, 5.41) is 4.29. The maximum atomic E-state index is 11.4. The molecule has 0 fully saturated rings. The first-order valence-corrected chi connectivity index (χ1v) is 6.25. The number of hydrogen-bond acceptors (Lipinski definition) is 5. The lowest BCUT2D eigenvalue weighted by atomic mass is 10.2. The van der Waals surface area contributed by atoms with Gasteiger partial charge in [0.15, 0.2) is 0 Å². The van der Waals surface area contributed by atoms with Gasteiger partial charge in [-0.25, -0.2) is 4.79 Å². The summed E-state index contributed by atoms with van der Waals surface area (Å²) in [4.78, 5) is 15.3. The van der Waals surface area contributed by atoms with Gasteiger partial charge in [0.2, 0.25) is 5.82 Å². The number of benzene rings is 1. The Morgan fingerprint density at radius 3 is 3.00 bits per heavy atom. The van der Waals surface area contributed by atoms with E-state index in [0.29, 0.717) is 20.9 Å². The van der Waals surface area contributed by atoms with Gasteiger partial charge in [-0.05, 0) is 41.1 Å². The molecule has 1 aromatic heterocycles. The van der Waals surface area contributed by atoms with E-state index < -0.39 is 5.97 Å². The molecule has 18 heavy (non-hydrogen) atoms. The van der Waals surface area contributed by atoms with E-state index >= 15 is 0 Å². The van der Waals surface area contributed by atoms with Gasteiger partial charge in [0.05, 0.1) is 11.6 Å². The topological polar surface area (TPSA) is 65.2 Å². The first-order chi connectivity index (χ1) is 8.61. The zero-order valence-electron chi connectivity index (χ0n) is 9.31. The molecule has 0 aliphatic rings. The van der Waals surface area contributed by atoms with Crippen LogP contribution in [0.25, 0.3) is 11.4 Å². The van der Waals surface area contributed by atoms with Crippen molar-refractivity contribution < 1.29 is 14.1 Å². The van der Waals surface area contributed by atoms with E-state index in [-0.39, 0.29) is 12.5 Å². The second kappa shape index (κ2) is 5.49. The lowest BCUT2D eigenvalue weighted by Gasteiger charge is -1.97. The number of esters is 1. The minimum absolute atomic E-state index is 0.169. The number of carbonyl (C=O) groups is 1. The van der Waals surface area contributed by atoms with Crippen LogP contribution in [0.1, 0.15) is 17.6 Å². The SMILES string of the molecule is CCOC(=O)c1nc(-c2ccc(Cl)c(Br)c2)no1. The van der Waals surface area contributed by atoms with Crippen molar-refractivity contribution in [3.63, 3.8) is 0 Å². The third kappa shape index (κ3) is 2.70. The van der Waals surface area contributed by atoms with Gasteiger partial charge < -0.3 is 9.26 Å². The van der Waals surface area contributed by atoms with Crippen molar-refractivity contribution in [1.29, 1.82) is 0 Å². The number of nitrogens with zero attached hydrogens (tertiary/aromatic N) is 2. The fourth-order valence-electron chi connectivity index (χ4n) is 1.25. The number of halogens is 2. The molecular formula is C11H8BrClN2O3. The molecule has 0 radical (unpaired) electrons. The third-order valence-electron chi connectivity index (χ3n) is 2.05. The quantitative estimate of drug-likeness (QED) is 0.807. The number of hydrogen-bond donors (Lipinski definition) is 0. The van der Waals surface area contributed by atoms with Crippen LogP contribution in [-0.4, -0.2) is 22.7 Å². The van der Waals surface area contributed by atoms with Crippen LogP contribution in [0.4, 0.5) is 0 Å². The lowest BCUT2D eigenvalue weighted by Crippen LogP contribution is -2.04. The van der Waals surface area contributed by atoms with Crippen molar-refractivity contribution >= 4 is 33.5 Å². The van der Waals surface area contributed by atoms with Gasteiger partial charge in [-0.2, -0.15) is 4.98 Å². The van der Waals surface area contributed by atoms with Gasteiger partial charge in [0.25, 0.3) is 0 Å². The molecule has 2 aromatic rings. The van der Waals surface area contributed by atoms with Gasteiger partial charge >= 0.3 is 11.9 Å². The summed E-state index contributed by atoms with van der Waals surface area (Å²) in [5.74, 6) is -0.502. The first kappa shape index (κ1) is 13.0. The highest BCUT2D eigenvalue weighted by Gasteiger charge is 2.17. The molecule has 7 heteroatoms. The molecule has 94 valence electrons.